The van der Waals surface area contributed by atoms with Crippen LogP contribution in [0.2, 0.25) is 0 Å². The summed E-state index contributed by atoms with van der Waals surface area (Å²) in [6.07, 6.45) is 20.4. The Kier molecular flexibility index (Phi) is 7.26. The fourth-order valence-corrected chi connectivity index (χ4v) is 8.70. The Bertz CT molecular complexity index is 567. The van der Waals surface area contributed by atoms with Crippen molar-refractivity contribution < 1.29 is 4.74 Å². The van der Waals surface area contributed by atoms with Crippen LogP contribution < -0.4 is 0 Å². The second-order valence-electron chi connectivity index (χ2n) is 11.3. The molecule has 0 amide bonds. The SMILES string of the molecule is CCCCCC1(C#N)CCC2C(CCC3C4CCCC(CCOC)C4CCC23)C1. The van der Waals surface area contributed by atoms with Crippen molar-refractivity contribution in [1.82, 2.24) is 0 Å². The molecule has 0 heterocycles. The average molecular weight is 400 g/mol. The van der Waals surface area contributed by atoms with Crippen molar-refractivity contribution in [3.8, 4) is 6.07 Å². The Morgan fingerprint density at radius 3 is 2.45 bits per heavy atom. The highest BCUT2D eigenvalue weighted by Gasteiger charge is 2.52. The van der Waals surface area contributed by atoms with Crippen LogP contribution >= 0.6 is 0 Å². The maximum Gasteiger partial charge on any atom is 0.0689 e. The number of ether oxygens (including phenoxy) is 1. The summed E-state index contributed by atoms with van der Waals surface area (Å²) in [6, 6.07) is 2.84. The lowest BCUT2D eigenvalue weighted by Gasteiger charge is -2.57. The first-order chi connectivity index (χ1) is 14.2. The molecule has 2 heteroatoms. The first kappa shape index (κ1) is 21.7. The molecule has 0 radical (unpaired) electrons. The Morgan fingerprint density at radius 2 is 1.66 bits per heavy atom. The molecule has 4 aliphatic carbocycles. The van der Waals surface area contributed by atoms with Gasteiger partial charge >= 0.3 is 0 Å². The van der Waals surface area contributed by atoms with Gasteiger partial charge in [0.25, 0.3) is 0 Å². The van der Waals surface area contributed by atoms with Gasteiger partial charge in [0.2, 0.25) is 0 Å². The molecule has 4 saturated carbocycles. The van der Waals surface area contributed by atoms with E-state index in [-0.39, 0.29) is 5.41 Å². The van der Waals surface area contributed by atoms with Gasteiger partial charge in [-0.1, -0.05) is 39.0 Å². The molecule has 2 nitrogen and oxygen atoms in total. The van der Waals surface area contributed by atoms with Crippen LogP contribution in [-0.4, -0.2) is 13.7 Å². The van der Waals surface area contributed by atoms with Crippen molar-refractivity contribution >= 4 is 0 Å². The van der Waals surface area contributed by atoms with Crippen molar-refractivity contribution in [3.05, 3.63) is 0 Å². The normalized spacial score (nSPS) is 44.2. The fraction of sp³-hybridized carbons (Fsp3) is 0.963. The zero-order valence-electron chi connectivity index (χ0n) is 19.2. The van der Waals surface area contributed by atoms with Gasteiger partial charge in [0, 0.05) is 13.7 Å². The number of fused-ring (bicyclic) bond motifs is 5. The minimum atomic E-state index is 0.0243. The molecule has 0 aliphatic heterocycles. The molecule has 164 valence electrons. The molecule has 0 aromatic carbocycles. The van der Waals surface area contributed by atoms with Crippen LogP contribution in [0, 0.1) is 58.2 Å². The van der Waals surface area contributed by atoms with E-state index in [0.29, 0.717) is 0 Å². The van der Waals surface area contributed by atoms with Gasteiger partial charge in [-0.15, -0.1) is 0 Å². The number of nitriles is 1. The van der Waals surface area contributed by atoms with Crippen molar-refractivity contribution in [1.29, 1.82) is 5.26 Å². The Hall–Kier alpha value is -0.550. The van der Waals surface area contributed by atoms with Crippen LogP contribution in [0.15, 0.2) is 0 Å². The van der Waals surface area contributed by atoms with Crippen LogP contribution in [0.3, 0.4) is 0 Å². The van der Waals surface area contributed by atoms with Crippen molar-refractivity contribution in [2.75, 3.05) is 13.7 Å². The van der Waals surface area contributed by atoms with E-state index in [0.717, 1.165) is 48.0 Å². The summed E-state index contributed by atoms with van der Waals surface area (Å²) in [6.45, 7) is 3.24. The molecule has 8 atom stereocenters. The van der Waals surface area contributed by atoms with Gasteiger partial charge in [-0.2, -0.15) is 5.26 Å². The molecule has 0 N–H and O–H groups in total. The van der Waals surface area contributed by atoms with Crippen molar-refractivity contribution in [2.24, 2.45) is 46.8 Å². The highest BCUT2D eigenvalue weighted by atomic mass is 16.5. The average Bonchev–Trinajstić information content (AvgIpc) is 2.77. The molecule has 0 aromatic rings. The van der Waals surface area contributed by atoms with E-state index < -0.39 is 0 Å². The quantitative estimate of drug-likeness (QED) is 0.418. The summed E-state index contributed by atoms with van der Waals surface area (Å²) in [5, 5.41) is 10.1. The summed E-state index contributed by atoms with van der Waals surface area (Å²) < 4.78 is 5.44. The maximum absolute atomic E-state index is 10.1. The maximum atomic E-state index is 10.1. The van der Waals surface area contributed by atoms with E-state index in [1.54, 1.807) is 0 Å². The van der Waals surface area contributed by atoms with Crippen molar-refractivity contribution in [2.45, 2.75) is 103 Å². The van der Waals surface area contributed by atoms with Crippen LogP contribution in [-0.2, 0) is 4.74 Å². The van der Waals surface area contributed by atoms with Crippen LogP contribution in [0.25, 0.3) is 0 Å². The van der Waals surface area contributed by atoms with Crippen LogP contribution in [0.4, 0.5) is 0 Å². The molecule has 4 fully saturated rings. The fourth-order valence-electron chi connectivity index (χ4n) is 8.70. The molecule has 0 saturated heterocycles. The Labute approximate surface area is 180 Å². The first-order valence-corrected chi connectivity index (χ1v) is 13.1. The number of nitrogens with zero attached hydrogens (tertiary/aromatic N) is 1. The van der Waals surface area contributed by atoms with Crippen molar-refractivity contribution in [3.63, 3.8) is 0 Å². The van der Waals surface area contributed by atoms with E-state index in [4.69, 9.17) is 4.74 Å². The van der Waals surface area contributed by atoms with E-state index in [9.17, 15) is 5.26 Å². The predicted molar refractivity (Wildman–Crippen MR) is 119 cm³/mol. The number of hydrogen-bond acceptors (Lipinski definition) is 2. The highest BCUT2D eigenvalue weighted by Crippen LogP contribution is 2.60. The van der Waals surface area contributed by atoms with E-state index in [2.05, 4.69) is 13.0 Å². The minimum Gasteiger partial charge on any atom is -0.385 e. The molecular weight excluding hydrogens is 354 g/mol. The molecule has 0 spiro atoms. The lowest BCUT2D eigenvalue weighted by Crippen LogP contribution is -2.49. The monoisotopic (exact) mass is 399 g/mol. The number of unbranched alkanes of at least 4 members (excludes halogenated alkanes) is 2. The van der Waals surface area contributed by atoms with Crippen LogP contribution in [0.5, 0.6) is 0 Å². The summed E-state index contributed by atoms with van der Waals surface area (Å²) in [5.74, 6) is 6.74. The van der Waals surface area contributed by atoms with Gasteiger partial charge in [0.15, 0.2) is 0 Å². The third kappa shape index (κ3) is 4.42. The summed E-state index contributed by atoms with van der Waals surface area (Å²) >= 11 is 0. The lowest BCUT2D eigenvalue weighted by atomic mass is 9.48. The first-order valence-electron chi connectivity index (χ1n) is 13.1. The molecule has 29 heavy (non-hydrogen) atoms. The Balaban J connectivity index is 1.40. The Morgan fingerprint density at radius 1 is 0.897 bits per heavy atom. The van der Waals surface area contributed by atoms with Crippen LogP contribution in [0.1, 0.15) is 103 Å². The van der Waals surface area contributed by atoms with Gasteiger partial charge in [0.05, 0.1) is 11.5 Å². The van der Waals surface area contributed by atoms with E-state index in [1.807, 2.05) is 7.11 Å². The standard InChI is InChI=1S/C27H45NO/c1-3-4-5-15-27(19-28)16-13-23-21(18-27)9-10-26-24-8-6-7-20(14-17-29-2)22(24)11-12-25(23)26/h20-26H,3-18H2,1-2H3. The van der Waals surface area contributed by atoms with Gasteiger partial charge in [0.1, 0.15) is 0 Å². The number of hydrogen-bond donors (Lipinski definition) is 0. The lowest BCUT2D eigenvalue weighted by molar-refractivity contribution is -0.0734. The smallest absolute Gasteiger partial charge is 0.0689 e. The molecule has 0 aromatic heterocycles. The summed E-state index contributed by atoms with van der Waals surface area (Å²) in [5.41, 5.74) is 0.0243. The minimum absolute atomic E-state index is 0.0243. The zero-order chi connectivity index (χ0) is 20.3. The highest BCUT2D eigenvalue weighted by molar-refractivity contribution is 5.07. The largest absolute Gasteiger partial charge is 0.385 e. The van der Waals surface area contributed by atoms with Gasteiger partial charge in [-0.25, -0.2) is 0 Å². The third-order valence-electron chi connectivity index (χ3n) is 10.0. The summed E-state index contributed by atoms with van der Waals surface area (Å²) in [7, 11) is 1.87. The van der Waals surface area contributed by atoms with Gasteiger partial charge in [-0.05, 0) is 106 Å². The topological polar surface area (TPSA) is 33.0 Å². The van der Waals surface area contributed by atoms with E-state index in [1.165, 1.54) is 96.3 Å². The molecule has 8 unspecified atom stereocenters. The third-order valence-corrected chi connectivity index (χ3v) is 10.0. The molecule has 4 aliphatic rings. The number of methoxy groups -OCH3 is 1. The number of rotatable bonds is 7. The predicted octanol–water partition coefficient (Wildman–Crippen LogP) is 7.38. The van der Waals surface area contributed by atoms with Gasteiger partial charge in [-0.3, -0.25) is 0 Å². The second kappa shape index (κ2) is 9.72. The molecular formula is C27H45NO. The zero-order valence-corrected chi connectivity index (χ0v) is 19.2. The summed E-state index contributed by atoms with van der Waals surface area (Å²) in [4.78, 5) is 0. The molecule has 4 rings (SSSR count). The van der Waals surface area contributed by atoms with E-state index >= 15 is 0 Å². The van der Waals surface area contributed by atoms with Gasteiger partial charge < -0.3 is 4.74 Å². The molecule has 0 bridgehead atoms. The second-order valence-corrected chi connectivity index (χ2v) is 11.3.